The zero-order valence-corrected chi connectivity index (χ0v) is 33.1. The fraction of sp³-hybridized carbons (Fsp3) is 0.522. The van der Waals surface area contributed by atoms with E-state index in [0.717, 1.165) is 67.4 Å². The molecule has 0 unspecified atom stereocenters. The van der Waals surface area contributed by atoms with Gasteiger partial charge in [-0.15, -0.1) is 0 Å². The summed E-state index contributed by atoms with van der Waals surface area (Å²) in [6, 6.07) is 11.0. The van der Waals surface area contributed by atoms with Crippen LogP contribution in [0.2, 0.25) is 0 Å². The maximum atomic E-state index is 15.8. The average Bonchev–Trinajstić information content (AvgIpc) is 3.68. The van der Waals surface area contributed by atoms with E-state index in [4.69, 9.17) is 23.4 Å². The van der Waals surface area contributed by atoms with Gasteiger partial charge in [-0.2, -0.15) is 0 Å². The van der Waals surface area contributed by atoms with E-state index >= 15 is 4.39 Å². The fourth-order valence-electron chi connectivity index (χ4n) is 6.21. The molecule has 3 rings (SSSR count). The SMILES string of the molecule is C=C(C)C(=O)OCCCc1cc(-c2ccc(OCCCCCCCCCC)cc2F)cc(CCCOC(=O)C(=C)C)c1OCCCCCCc1ccoc1. The van der Waals surface area contributed by atoms with E-state index in [0.29, 0.717) is 61.4 Å². The highest BCUT2D eigenvalue weighted by Gasteiger charge is 2.17. The van der Waals surface area contributed by atoms with Crippen LogP contribution < -0.4 is 9.47 Å². The first kappa shape index (κ1) is 44.1. The van der Waals surface area contributed by atoms with Crippen molar-refractivity contribution < 1.29 is 37.3 Å². The molecule has 0 radical (unpaired) electrons. The van der Waals surface area contributed by atoms with Gasteiger partial charge in [-0.1, -0.05) is 77.9 Å². The molecule has 0 atom stereocenters. The normalized spacial score (nSPS) is 11.0. The van der Waals surface area contributed by atoms with Gasteiger partial charge in [0.1, 0.15) is 17.3 Å². The molecule has 0 amide bonds. The molecule has 0 spiro atoms. The molecule has 0 aliphatic heterocycles. The highest BCUT2D eigenvalue weighted by molar-refractivity contribution is 5.87. The Morgan fingerprint density at radius 3 is 1.74 bits per heavy atom. The molecule has 0 N–H and O–H groups in total. The maximum absolute atomic E-state index is 15.8. The molecule has 7 nitrogen and oxygen atoms in total. The quantitative estimate of drug-likeness (QED) is 0.0397. The molecule has 0 saturated heterocycles. The van der Waals surface area contributed by atoms with Crippen LogP contribution in [0.3, 0.4) is 0 Å². The summed E-state index contributed by atoms with van der Waals surface area (Å²) in [5.74, 6) is 0.0492. The summed E-state index contributed by atoms with van der Waals surface area (Å²) in [5, 5.41) is 0. The van der Waals surface area contributed by atoms with Crippen LogP contribution in [-0.4, -0.2) is 38.4 Å². The van der Waals surface area contributed by atoms with E-state index in [1.54, 1.807) is 32.4 Å². The minimum absolute atomic E-state index is 0.220. The molecule has 296 valence electrons. The Morgan fingerprint density at radius 2 is 1.20 bits per heavy atom. The van der Waals surface area contributed by atoms with Crippen LogP contribution in [0.25, 0.3) is 11.1 Å². The van der Waals surface area contributed by atoms with E-state index in [-0.39, 0.29) is 19.0 Å². The Morgan fingerprint density at radius 1 is 0.648 bits per heavy atom. The third-order valence-electron chi connectivity index (χ3n) is 9.29. The third kappa shape index (κ3) is 16.8. The number of rotatable bonds is 29. The molecule has 2 aromatic carbocycles. The molecule has 0 saturated carbocycles. The van der Waals surface area contributed by atoms with Gasteiger partial charge in [-0.3, -0.25) is 0 Å². The van der Waals surface area contributed by atoms with Gasteiger partial charge < -0.3 is 23.4 Å². The first-order chi connectivity index (χ1) is 26.2. The van der Waals surface area contributed by atoms with Crippen molar-refractivity contribution in [1.82, 2.24) is 0 Å². The van der Waals surface area contributed by atoms with Gasteiger partial charge in [0.25, 0.3) is 0 Å². The highest BCUT2D eigenvalue weighted by Crippen LogP contribution is 2.35. The highest BCUT2D eigenvalue weighted by atomic mass is 19.1. The first-order valence-corrected chi connectivity index (χ1v) is 20.1. The number of benzene rings is 2. The van der Waals surface area contributed by atoms with Crippen LogP contribution in [0.15, 0.2) is 77.6 Å². The maximum Gasteiger partial charge on any atom is 0.333 e. The molecule has 1 aromatic heterocycles. The minimum atomic E-state index is -0.426. The smallest absolute Gasteiger partial charge is 0.333 e. The minimum Gasteiger partial charge on any atom is -0.493 e. The summed E-state index contributed by atoms with van der Waals surface area (Å²) in [7, 11) is 0. The van der Waals surface area contributed by atoms with Gasteiger partial charge in [-0.05, 0) is 118 Å². The second kappa shape index (κ2) is 25.6. The lowest BCUT2D eigenvalue weighted by atomic mass is 9.94. The zero-order valence-electron chi connectivity index (χ0n) is 33.1. The van der Waals surface area contributed by atoms with Gasteiger partial charge >= 0.3 is 11.9 Å². The summed E-state index contributed by atoms with van der Waals surface area (Å²) in [6.45, 7) is 14.3. The fourth-order valence-corrected chi connectivity index (χ4v) is 6.21. The Bertz CT molecular complexity index is 1520. The van der Waals surface area contributed by atoms with Gasteiger partial charge in [0, 0.05) is 22.8 Å². The summed E-state index contributed by atoms with van der Waals surface area (Å²) < 4.78 is 44.2. The average molecular weight is 747 g/mol. The first-order valence-electron chi connectivity index (χ1n) is 20.1. The molecule has 0 fully saturated rings. The second-order valence-electron chi connectivity index (χ2n) is 14.3. The standard InChI is InChI=1S/C46H63FO7/c1-6-7-8-9-10-11-13-16-26-51-41-23-24-42(43(47)33-41)40-31-38(21-18-28-53-45(48)35(2)3)44(39(32-40)22-19-29-54-46(49)36(4)5)52-27-17-14-12-15-20-37-25-30-50-34-37/h23-25,30-34H,2,4,6-22,26-29H2,1,3,5H3. The summed E-state index contributed by atoms with van der Waals surface area (Å²) in [4.78, 5) is 24.1. The van der Waals surface area contributed by atoms with Gasteiger partial charge in [0.2, 0.25) is 0 Å². The lowest BCUT2D eigenvalue weighted by molar-refractivity contribution is -0.139. The summed E-state index contributed by atoms with van der Waals surface area (Å²) >= 11 is 0. The number of ether oxygens (including phenoxy) is 4. The van der Waals surface area contributed by atoms with Crippen LogP contribution in [0.4, 0.5) is 4.39 Å². The molecular formula is C46H63FO7. The molecule has 3 aromatic rings. The number of unbranched alkanes of at least 4 members (excludes halogenated alkanes) is 10. The van der Waals surface area contributed by atoms with Crippen LogP contribution in [0, 0.1) is 5.82 Å². The van der Waals surface area contributed by atoms with Gasteiger partial charge in [0.05, 0.1) is 39.0 Å². The zero-order chi connectivity index (χ0) is 39.0. The number of halogens is 1. The lowest BCUT2D eigenvalue weighted by Gasteiger charge is -2.19. The Kier molecular flexibility index (Phi) is 20.9. The molecule has 8 heteroatoms. The van der Waals surface area contributed by atoms with Crippen molar-refractivity contribution in [1.29, 1.82) is 0 Å². The van der Waals surface area contributed by atoms with Crippen LogP contribution >= 0.6 is 0 Å². The molecular weight excluding hydrogens is 683 g/mol. The number of esters is 2. The van der Waals surface area contributed by atoms with Crippen molar-refractivity contribution >= 4 is 11.9 Å². The number of aryl methyl sites for hydroxylation is 3. The largest absolute Gasteiger partial charge is 0.493 e. The predicted molar refractivity (Wildman–Crippen MR) is 215 cm³/mol. The molecule has 0 aliphatic carbocycles. The second-order valence-corrected chi connectivity index (χ2v) is 14.3. The lowest BCUT2D eigenvalue weighted by Crippen LogP contribution is -2.10. The van der Waals surface area contributed by atoms with E-state index in [1.165, 1.54) is 50.2 Å². The van der Waals surface area contributed by atoms with E-state index < -0.39 is 11.9 Å². The van der Waals surface area contributed by atoms with E-state index in [2.05, 4.69) is 20.1 Å². The van der Waals surface area contributed by atoms with Crippen molar-refractivity contribution in [3.05, 3.63) is 95.7 Å². The number of furan rings is 1. The van der Waals surface area contributed by atoms with Crippen molar-refractivity contribution in [3.63, 3.8) is 0 Å². The van der Waals surface area contributed by atoms with Crippen molar-refractivity contribution in [2.75, 3.05) is 26.4 Å². The molecule has 0 bridgehead atoms. The Hall–Kier alpha value is -4.33. The van der Waals surface area contributed by atoms with Crippen molar-refractivity contribution in [2.45, 2.75) is 130 Å². The molecule has 54 heavy (non-hydrogen) atoms. The number of carbonyl (C=O) groups is 2. The molecule has 1 heterocycles. The van der Waals surface area contributed by atoms with Crippen LogP contribution in [-0.2, 0) is 38.3 Å². The summed E-state index contributed by atoms with van der Waals surface area (Å²) in [6.07, 6.45) is 20.4. The third-order valence-corrected chi connectivity index (χ3v) is 9.29. The Labute approximate surface area is 323 Å². The summed E-state index contributed by atoms with van der Waals surface area (Å²) in [5.41, 5.74) is 4.90. The number of hydrogen-bond donors (Lipinski definition) is 0. The van der Waals surface area contributed by atoms with E-state index in [1.807, 2.05) is 24.3 Å². The molecule has 0 aliphatic rings. The van der Waals surface area contributed by atoms with Crippen molar-refractivity contribution in [3.8, 4) is 22.6 Å². The monoisotopic (exact) mass is 746 g/mol. The number of carbonyl (C=O) groups excluding carboxylic acids is 2. The topological polar surface area (TPSA) is 84.2 Å². The van der Waals surface area contributed by atoms with Crippen molar-refractivity contribution in [2.24, 2.45) is 0 Å². The van der Waals surface area contributed by atoms with E-state index in [9.17, 15) is 9.59 Å². The van der Waals surface area contributed by atoms with Gasteiger partial charge in [-0.25, -0.2) is 14.0 Å². The number of hydrogen-bond acceptors (Lipinski definition) is 7. The van der Waals surface area contributed by atoms with Crippen LogP contribution in [0.5, 0.6) is 11.5 Å². The Balaban J connectivity index is 1.75. The van der Waals surface area contributed by atoms with Crippen LogP contribution in [0.1, 0.15) is 127 Å². The van der Waals surface area contributed by atoms with Gasteiger partial charge in [0.15, 0.2) is 0 Å². The predicted octanol–water partition coefficient (Wildman–Crippen LogP) is 11.9.